The summed E-state index contributed by atoms with van der Waals surface area (Å²) in [6.45, 7) is -0.505. The summed E-state index contributed by atoms with van der Waals surface area (Å²) in [5.41, 5.74) is 0.693. The summed E-state index contributed by atoms with van der Waals surface area (Å²) in [4.78, 5) is 4.07. The Bertz CT molecular complexity index is 528. The third-order valence-electron chi connectivity index (χ3n) is 2.84. The average molecular weight is 267 g/mol. The Kier molecular flexibility index (Phi) is 4.76. The minimum Gasteiger partial charge on any atom is -0.388 e. The van der Waals surface area contributed by atoms with E-state index in [0.717, 1.165) is 10.8 Å². The van der Waals surface area contributed by atoms with Crippen molar-refractivity contribution in [3.8, 4) is 0 Å². The number of alkyl halides is 2. The van der Waals surface area contributed by atoms with E-state index in [2.05, 4.69) is 4.98 Å². The van der Waals surface area contributed by atoms with Crippen LogP contribution in [0.1, 0.15) is 18.1 Å². The van der Waals surface area contributed by atoms with Gasteiger partial charge in [-0.15, -0.1) is 0 Å². The van der Waals surface area contributed by atoms with Crippen LogP contribution in [0.3, 0.4) is 0 Å². The number of aliphatic hydroxyl groups is 1. The highest BCUT2D eigenvalue weighted by atomic mass is 19.3. The summed E-state index contributed by atoms with van der Waals surface area (Å²) in [6.07, 6.45) is 0.342. The van der Waals surface area contributed by atoms with Gasteiger partial charge in [0.15, 0.2) is 0 Å². The van der Waals surface area contributed by atoms with Crippen LogP contribution < -0.4 is 0 Å². The van der Waals surface area contributed by atoms with Crippen LogP contribution in [0, 0.1) is 0 Å². The highest BCUT2D eigenvalue weighted by Crippen LogP contribution is 2.24. The van der Waals surface area contributed by atoms with Gasteiger partial charge in [-0.3, -0.25) is 4.98 Å². The van der Waals surface area contributed by atoms with Crippen molar-refractivity contribution in [2.45, 2.75) is 19.0 Å². The number of hydrogen-bond acceptors (Lipinski definition) is 3. The van der Waals surface area contributed by atoms with Crippen molar-refractivity contribution in [1.82, 2.24) is 4.98 Å². The number of hydrogen-bond donors (Lipinski definition) is 1. The number of pyridine rings is 1. The molecule has 0 aliphatic carbocycles. The first-order chi connectivity index (χ1) is 9.18. The third-order valence-corrected chi connectivity index (χ3v) is 2.84. The number of aromatic nitrogens is 1. The molecule has 2 aromatic rings. The van der Waals surface area contributed by atoms with E-state index in [1.54, 1.807) is 12.4 Å². The zero-order valence-corrected chi connectivity index (χ0v) is 10.3. The van der Waals surface area contributed by atoms with Gasteiger partial charge in [0, 0.05) is 36.4 Å². The number of aliphatic hydroxyl groups excluding tert-OH is 1. The number of nitrogens with zero attached hydrogens (tertiary/aromatic N) is 1. The lowest BCUT2D eigenvalue weighted by atomic mass is 10.0. The van der Waals surface area contributed by atoms with Gasteiger partial charge in [0.1, 0.15) is 6.61 Å². The minimum atomic E-state index is -2.48. The van der Waals surface area contributed by atoms with E-state index >= 15 is 0 Å². The van der Waals surface area contributed by atoms with Gasteiger partial charge in [0.25, 0.3) is 6.43 Å². The number of ether oxygens (including phenoxy) is 1. The molecule has 5 heteroatoms. The second-order valence-electron chi connectivity index (χ2n) is 4.22. The van der Waals surface area contributed by atoms with Gasteiger partial charge in [-0.05, 0) is 5.39 Å². The van der Waals surface area contributed by atoms with E-state index in [1.165, 1.54) is 0 Å². The van der Waals surface area contributed by atoms with Gasteiger partial charge in [-0.2, -0.15) is 0 Å². The Labute approximate surface area is 109 Å². The third kappa shape index (κ3) is 3.68. The maximum Gasteiger partial charge on any atom is 0.261 e. The topological polar surface area (TPSA) is 42.4 Å². The lowest BCUT2D eigenvalue weighted by molar-refractivity contribution is 0.00492. The molecule has 1 N–H and O–H groups in total. The van der Waals surface area contributed by atoms with Gasteiger partial charge < -0.3 is 9.84 Å². The molecule has 1 aromatic heterocycles. The smallest absolute Gasteiger partial charge is 0.261 e. The Hall–Kier alpha value is -1.59. The van der Waals surface area contributed by atoms with Gasteiger partial charge in [-0.1, -0.05) is 24.3 Å². The van der Waals surface area contributed by atoms with Crippen LogP contribution in [-0.4, -0.2) is 29.7 Å². The number of benzene rings is 1. The fourth-order valence-corrected chi connectivity index (χ4v) is 1.93. The Morgan fingerprint density at radius 1 is 1.21 bits per heavy atom. The normalized spacial score (nSPS) is 13.1. The molecule has 0 saturated heterocycles. The first-order valence-corrected chi connectivity index (χ1v) is 6.05. The van der Waals surface area contributed by atoms with Gasteiger partial charge in [-0.25, -0.2) is 8.78 Å². The van der Waals surface area contributed by atoms with Crippen LogP contribution in [0.2, 0.25) is 0 Å². The van der Waals surface area contributed by atoms with Crippen molar-refractivity contribution < 1.29 is 18.6 Å². The zero-order chi connectivity index (χ0) is 13.7. The monoisotopic (exact) mass is 267 g/mol. The second-order valence-corrected chi connectivity index (χ2v) is 4.22. The van der Waals surface area contributed by atoms with E-state index < -0.39 is 19.1 Å². The molecule has 1 aromatic carbocycles. The number of rotatable bonds is 6. The predicted molar refractivity (Wildman–Crippen MR) is 68.1 cm³/mol. The quantitative estimate of drug-likeness (QED) is 0.818. The van der Waals surface area contributed by atoms with Crippen molar-refractivity contribution in [3.63, 3.8) is 0 Å². The van der Waals surface area contributed by atoms with Crippen molar-refractivity contribution in [2.75, 3.05) is 13.2 Å². The molecule has 0 amide bonds. The van der Waals surface area contributed by atoms with Crippen LogP contribution in [0.25, 0.3) is 10.8 Å². The molecule has 0 radical (unpaired) electrons. The molecule has 0 fully saturated rings. The summed E-state index contributed by atoms with van der Waals surface area (Å²) < 4.78 is 28.6. The SMILES string of the molecule is OC(CCOCC(F)F)c1cncc2ccccc12. The van der Waals surface area contributed by atoms with Crippen LogP contribution in [0.15, 0.2) is 36.7 Å². The standard InChI is InChI=1S/C14H15F2NO2/c15-14(16)9-19-6-5-13(18)12-8-17-7-10-3-1-2-4-11(10)12/h1-4,7-8,13-14,18H,5-6,9H2. The van der Waals surface area contributed by atoms with Crippen molar-refractivity contribution in [2.24, 2.45) is 0 Å². The number of halogens is 2. The molecule has 0 aliphatic rings. The molecule has 0 saturated carbocycles. The van der Waals surface area contributed by atoms with Crippen LogP contribution in [-0.2, 0) is 4.74 Å². The van der Waals surface area contributed by atoms with Crippen LogP contribution in [0.4, 0.5) is 8.78 Å². The van der Waals surface area contributed by atoms with Crippen LogP contribution in [0.5, 0.6) is 0 Å². The molecule has 1 unspecified atom stereocenters. The second kappa shape index (κ2) is 6.54. The fourth-order valence-electron chi connectivity index (χ4n) is 1.93. The minimum absolute atomic E-state index is 0.0920. The number of fused-ring (bicyclic) bond motifs is 1. The highest BCUT2D eigenvalue weighted by molar-refractivity contribution is 5.84. The van der Waals surface area contributed by atoms with Gasteiger partial charge in [0.05, 0.1) is 6.10 Å². The molecule has 0 bridgehead atoms. The van der Waals surface area contributed by atoms with E-state index in [-0.39, 0.29) is 13.0 Å². The maximum absolute atomic E-state index is 11.9. The molecule has 3 nitrogen and oxygen atoms in total. The summed E-state index contributed by atoms with van der Waals surface area (Å²) in [5, 5.41) is 11.9. The van der Waals surface area contributed by atoms with Gasteiger partial charge >= 0.3 is 0 Å². The average Bonchev–Trinajstić information content (AvgIpc) is 2.42. The first-order valence-electron chi connectivity index (χ1n) is 6.05. The summed E-state index contributed by atoms with van der Waals surface area (Å²) in [5.74, 6) is 0. The zero-order valence-electron chi connectivity index (χ0n) is 10.3. The van der Waals surface area contributed by atoms with Crippen molar-refractivity contribution >= 4 is 10.8 Å². The molecular weight excluding hydrogens is 252 g/mol. The largest absolute Gasteiger partial charge is 0.388 e. The molecule has 1 heterocycles. The Morgan fingerprint density at radius 3 is 2.79 bits per heavy atom. The molecule has 1 atom stereocenters. The fraction of sp³-hybridized carbons (Fsp3) is 0.357. The first kappa shape index (κ1) is 13.8. The van der Waals surface area contributed by atoms with Gasteiger partial charge in [0.2, 0.25) is 0 Å². The van der Waals surface area contributed by atoms with E-state index in [1.807, 2.05) is 24.3 Å². The highest BCUT2D eigenvalue weighted by Gasteiger charge is 2.12. The molecular formula is C14H15F2NO2. The lowest BCUT2D eigenvalue weighted by Crippen LogP contribution is -2.09. The Morgan fingerprint density at radius 2 is 2.00 bits per heavy atom. The van der Waals surface area contributed by atoms with E-state index in [9.17, 15) is 13.9 Å². The molecule has 19 heavy (non-hydrogen) atoms. The lowest BCUT2D eigenvalue weighted by Gasteiger charge is -2.13. The van der Waals surface area contributed by atoms with E-state index in [0.29, 0.717) is 5.56 Å². The molecule has 102 valence electrons. The van der Waals surface area contributed by atoms with E-state index in [4.69, 9.17) is 4.74 Å². The molecule has 0 aliphatic heterocycles. The summed E-state index contributed by atoms with van der Waals surface area (Å²) >= 11 is 0. The van der Waals surface area contributed by atoms with Crippen molar-refractivity contribution in [1.29, 1.82) is 0 Å². The summed E-state index contributed by atoms with van der Waals surface area (Å²) in [7, 11) is 0. The molecule has 2 rings (SSSR count). The van der Waals surface area contributed by atoms with Crippen molar-refractivity contribution in [3.05, 3.63) is 42.2 Å². The Balaban J connectivity index is 2.03. The molecule has 0 spiro atoms. The van der Waals surface area contributed by atoms with Crippen LogP contribution >= 0.6 is 0 Å². The summed E-state index contributed by atoms with van der Waals surface area (Å²) in [6, 6.07) is 7.58. The maximum atomic E-state index is 11.9. The predicted octanol–water partition coefficient (Wildman–Crippen LogP) is 2.94.